The van der Waals surface area contributed by atoms with Crippen LogP contribution in [0.5, 0.6) is 5.75 Å². The van der Waals surface area contributed by atoms with Gasteiger partial charge in [-0.2, -0.15) is 0 Å². The number of nitrogens with one attached hydrogen (secondary N) is 3. The molecule has 4 aromatic rings. The Morgan fingerprint density at radius 1 is 0.974 bits per heavy atom. The van der Waals surface area contributed by atoms with Gasteiger partial charge in [0, 0.05) is 53.4 Å². The van der Waals surface area contributed by atoms with Crippen molar-refractivity contribution in [3.63, 3.8) is 0 Å². The fourth-order valence-electron chi connectivity index (χ4n) is 5.65. The normalized spacial score (nSPS) is 13.0. The number of unbranched alkanes of at least 4 members (excludes halogenated alkanes) is 4. The highest BCUT2D eigenvalue weighted by atomic mass is 16.5. The van der Waals surface area contributed by atoms with E-state index in [-0.39, 0.29) is 5.91 Å². The summed E-state index contributed by atoms with van der Waals surface area (Å²) in [5.74, 6) is 1.00. The smallest absolute Gasteiger partial charge is 0.220 e. The van der Waals surface area contributed by atoms with Crippen LogP contribution in [0.25, 0.3) is 21.8 Å². The number of aromatic amines is 1. The van der Waals surface area contributed by atoms with Crippen LogP contribution in [0.3, 0.4) is 0 Å². The van der Waals surface area contributed by atoms with Crippen LogP contribution in [-0.4, -0.2) is 36.1 Å². The summed E-state index contributed by atoms with van der Waals surface area (Å²) in [5, 5.41) is 9.26. The first-order chi connectivity index (χ1) is 18.7. The predicted octanol–water partition coefficient (Wildman–Crippen LogP) is 6.71. The number of H-pyrrole nitrogens is 1. The molecule has 0 spiro atoms. The highest BCUT2D eigenvalue weighted by Crippen LogP contribution is 2.33. The first-order valence-corrected chi connectivity index (χ1v) is 14.3. The number of ether oxygens (including phenoxy) is 1. The SMILES string of the molecule is COc1ccc2[nH]cc(CCNC(=O)CCCCCCCNc3c4c(nc5ccccc35)CCCC4)c2c1. The lowest BCUT2D eigenvalue weighted by Gasteiger charge is -2.21. The number of hydrogen-bond donors (Lipinski definition) is 3. The first kappa shape index (κ1) is 26.1. The molecule has 0 aliphatic heterocycles. The molecule has 38 heavy (non-hydrogen) atoms. The molecule has 6 nitrogen and oxygen atoms in total. The lowest BCUT2D eigenvalue weighted by molar-refractivity contribution is -0.121. The third kappa shape index (κ3) is 6.29. The van der Waals surface area contributed by atoms with Gasteiger partial charge in [0.15, 0.2) is 0 Å². The lowest BCUT2D eigenvalue weighted by Crippen LogP contribution is -2.25. The van der Waals surface area contributed by atoms with Gasteiger partial charge in [0.05, 0.1) is 12.6 Å². The zero-order valence-electron chi connectivity index (χ0n) is 22.6. The fraction of sp³-hybridized carbons (Fsp3) is 0.438. The first-order valence-electron chi connectivity index (χ1n) is 14.3. The Labute approximate surface area is 225 Å². The molecule has 2 aromatic heterocycles. The molecule has 0 unspecified atom stereocenters. The Kier molecular flexibility index (Phi) is 8.79. The molecule has 0 bridgehead atoms. The number of para-hydroxylation sites is 1. The van der Waals surface area contributed by atoms with Gasteiger partial charge in [-0.05, 0) is 80.3 Å². The van der Waals surface area contributed by atoms with Crippen molar-refractivity contribution < 1.29 is 9.53 Å². The van der Waals surface area contributed by atoms with Gasteiger partial charge in [-0.1, -0.05) is 37.5 Å². The molecule has 0 fully saturated rings. The van der Waals surface area contributed by atoms with Gasteiger partial charge < -0.3 is 20.4 Å². The zero-order valence-corrected chi connectivity index (χ0v) is 22.6. The summed E-state index contributed by atoms with van der Waals surface area (Å²) in [7, 11) is 1.68. The standard InChI is InChI=1S/C32H40N4O2/c1-38-24-16-17-28-27(21-24)23(22-35-28)18-20-33-31(37)15-5-3-2-4-10-19-34-32-25-11-6-8-13-29(25)36-30-14-9-7-12-26(30)32/h6,8,11,13,16-17,21-22,35H,2-5,7,9-10,12,14-15,18-20H2,1H3,(H,33,37)(H,34,36). The Bertz CT molecular complexity index is 1380. The molecule has 1 aliphatic rings. The molecular weight excluding hydrogens is 472 g/mol. The summed E-state index contributed by atoms with van der Waals surface area (Å²) >= 11 is 0. The summed E-state index contributed by atoms with van der Waals surface area (Å²) in [6, 6.07) is 14.5. The molecule has 0 saturated heterocycles. The maximum atomic E-state index is 12.3. The molecule has 5 rings (SSSR count). The number of benzene rings is 2. The Morgan fingerprint density at radius 2 is 1.82 bits per heavy atom. The summed E-state index contributed by atoms with van der Waals surface area (Å²) < 4.78 is 5.34. The zero-order chi connectivity index (χ0) is 26.2. The van der Waals surface area contributed by atoms with Crippen LogP contribution in [0.15, 0.2) is 48.7 Å². The van der Waals surface area contributed by atoms with Gasteiger partial charge in [0.25, 0.3) is 0 Å². The van der Waals surface area contributed by atoms with E-state index in [9.17, 15) is 4.79 Å². The molecule has 2 aromatic carbocycles. The number of nitrogens with zero attached hydrogens (tertiary/aromatic N) is 1. The lowest BCUT2D eigenvalue weighted by atomic mass is 9.92. The van der Waals surface area contributed by atoms with Crippen molar-refractivity contribution in [2.75, 3.05) is 25.5 Å². The minimum absolute atomic E-state index is 0.151. The Hall–Kier alpha value is -3.54. The molecule has 1 amide bonds. The molecule has 0 atom stereocenters. The molecule has 200 valence electrons. The van der Waals surface area contributed by atoms with Crippen molar-refractivity contribution in [2.45, 2.75) is 70.6 Å². The number of fused-ring (bicyclic) bond motifs is 3. The largest absolute Gasteiger partial charge is 0.497 e. The van der Waals surface area contributed by atoms with Gasteiger partial charge >= 0.3 is 0 Å². The number of amides is 1. The number of aryl methyl sites for hydroxylation is 1. The second kappa shape index (κ2) is 12.8. The third-order valence-electron chi connectivity index (χ3n) is 7.74. The average Bonchev–Trinajstić information content (AvgIpc) is 3.35. The second-order valence-electron chi connectivity index (χ2n) is 10.4. The molecule has 6 heteroatoms. The number of carbonyl (C=O) groups excluding carboxylic acids is 1. The Balaban J connectivity index is 0.974. The monoisotopic (exact) mass is 512 g/mol. The van der Waals surface area contributed by atoms with Crippen LogP contribution in [0.1, 0.15) is 68.2 Å². The van der Waals surface area contributed by atoms with E-state index in [4.69, 9.17) is 9.72 Å². The molecule has 0 radical (unpaired) electrons. The van der Waals surface area contributed by atoms with E-state index in [1.165, 1.54) is 53.6 Å². The molecule has 3 N–H and O–H groups in total. The van der Waals surface area contributed by atoms with Crippen molar-refractivity contribution in [1.82, 2.24) is 15.3 Å². The van der Waals surface area contributed by atoms with E-state index in [2.05, 4.69) is 39.9 Å². The van der Waals surface area contributed by atoms with E-state index in [1.807, 2.05) is 24.4 Å². The summed E-state index contributed by atoms with van der Waals surface area (Å²) in [6.45, 7) is 1.64. The Morgan fingerprint density at radius 3 is 2.74 bits per heavy atom. The van der Waals surface area contributed by atoms with Gasteiger partial charge in [-0.3, -0.25) is 9.78 Å². The second-order valence-corrected chi connectivity index (χ2v) is 10.4. The minimum Gasteiger partial charge on any atom is -0.497 e. The van der Waals surface area contributed by atoms with E-state index < -0.39 is 0 Å². The molecule has 2 heterocycles. The quantitative estimate of drug-likeness (QED) is 0.174. The van der Waals surface area contributed by atoms with E-state index in [1.54, 1.807) is 7.11 Å². The number of anilines is 1. The van der Waals surface area contributed by atoms with Crippen LogP contribution in [-0.2, 0) is 24.1 Å². The summed E-state index contributed by atoms with van der Waals surface area (Å²) in [4.78, 5) is 20.5. The summed E-state index contributed by atoms with van der Waals surface area (Å²) in [6.07, 6.45) is 13.7. The van der Waals surface area contributed by atoms with Crippen LogP contribution >= 0.6 is 0 Å². The van der Waals surface area contributed by atoms with Crippen molar-refractivity contribution >= 4 is 33.4 Å². The number of carbonyl (C=O) groups is 1. The fourth-order valence-corrected chi connectivity index (χ4v) is 5.65. The average molecular weight is 513 g/mol. The number of methoxy groups -OCH3 is 1. The van der Waals surface area contributed by atoms with Crippen molar-refractivity contribution in [1.29, 1.82) is 0 Å². The highest BCUT2D eigenvalue weighted by molar-refractivity contribution is 5.93. The maximum Gasteiger partial charge on any atom is 0.220 e. The van der Waals surface area contributed by atoms with Gasteiger partial charge in [-0.25, -0.2) is 0 Å². The van der Waals surface area contributed by atoms with Crippen LogP contribution < -0.4 is 15.4 Å². The van der Waals surface area contributed by atoms with E-state index in [0.717, 1.165) is 67.2 Å². The molecular formula is C32H40N4O2. The highest BCUT2D eigenvalue weighted by Gasteiger charge is 2.17. The van der Waals surface area contributed by atoms with Crippen LogP contribution in [0, 0.1) is 0 Å². The van der Waals surface area contributed by atoms with E-state index in [0.29, 0.717) is 13.0 Å². The topological polar surface area (TPSA) is 79.0 Å². The van der Waals surface area contributed by atoms with Crippen molar-refractivity contribution in [2.24, 2.45) is 0 Å². The van der Waals surface area contributed by atoms with E-state index >= 15 is 0 Å². The maximum absolute atomic E-state index is 12.3. The minimum atomic E-state index is 0.151. The number of hydrogen-bond acceptors (Lipinski definition) is 4. The third-order valence-corrected chi connectivity index (χ3v) is 7.74. The number of pyridine rings is 1. The van der Waals surface area contributed by atoms with Crippen molar-refractivity contribution in [3.8, 4) is 5.75 Å². The van der Waals surface area contributed by atoms with Gasteiger partial charge in [0.2, 0.25) is 5.91 Å². The number of rotatable bonds is 13. The van der Waals surface area contributed by atoms with Crippen molar-refractivity contribution in [3.05, 3.63) is 65.5 Å². The molecule has 1 aliphatic carbocycles. The number of aromatic nitrogens is 2. The predicted molar refractivity (Wildman–Crippen MR) is 156 cm³/mol. The van der Waals surface area contributed by atoms with Gasteiger partial charge in [0.1, 0.15) is 5.75 Å². The van der Waals surface area contributed by atoms with Gasteiger partial charge in [-0.15, -0.1) is 0 Å². The molecule has 0 saturated carbocycles. The van der Waals surface area contributed by atoms with Crippen LogP contribution in [0.4, 0.5) is 5.69 Å². The summed E-state index contributed by atoms with van der Waals surface area (Å²) in [5.41, 5.74) is 7.44. The van der Waals surface area contributed by atoms with Crippen LogP contribution in [0.2, 0.25) is 0 Å².